The van der Waals surface area contributed by atoms with Gasteiger partial charge in [-0.05, 0) is 54.2 Å². The van der Waals surface area contributed by atoms with E-state index in [-0.39, 0.29) is 22.7 Å². The quantitative estimate of drug-likeness (QED) is 0.272. The summed E-state index contributed by atoms with van der Waals surface area (Å²) in [6.07, 6.45) is -3.12. The number of benzene rings is 2. The van der Waals surface area contributed by atoms with Gasteiger partial charge in [-0.15, -0.1) is 10.2 Å². The molecule has 0 spiro atoms. The molecule has 0 aliphatic rings. The van der Waals surface area contributed by atoms with E-state index >= 15 is 0 Å². The minimum atomic E-state index is -4.43. The van der Waals surface area contributed by atoms with Crippen LogP contribution in [0.25, 0.3) is 28.5 Å². The van der Waals surface area contributed by atoms with Gasteiger partial charge in [0.15, 0.2) is 0 Å². The lowest BCUT2D eigenvalue weighted by Gasteiger charge is -2.08. The Labute approximate surface area is 181 Å². The molecule has 0 unspecified atom stereocenters. The Bertz CT molecular complexity index is 1400. The number of rotatable bonds is 4. The average molecular weight is 458 g/mol. The van der Waals surface area contributed by atoms with Gasteiger partial charge in [0, 0.05) is 11.1 Å². The number of hydrogen-bond acceptors (Lipinski definition) is 7. The summed E-state index contributed by atoms with van der Waals surface area (Å²) in [6, 6.07) is 11.9. The van der Waals surface area contributed by atoms with Crippen LogP contribution in [0, 0.1) is 5.82 Å². The third-order valence-electron chi connectivity index (χ3n) is 4.42. The zero-order valence-corrected chi connectivity index (χ0v) is 16.6. The maximum absolute atomic E-state index is 13.1. The first-order valence-corrected chi connectivity index (χ1v) is 9.84. The Morgan fingerprint density at radius 2 is 1.62 bits per heavy atom. The van der Waals surface area contributed by atoms with Crippen molar-refractivity contribution in [2.75, 3.05) is 0 Å². The minimum absolute atomic E-state index is 0.186. The number of hydrogen-bond donors (Lipinski definition) is 0. The molecule has 0 fully saturated rings. The molecule has 0 N–H and O–H groups in total. The Hall–Kier alpha value is -3.80. The summed E-state index contributed by atoms with van der Waals surface area (Å²) in [4.78, 5) is 8.42. The summed E-state index contributed by atoms with van der Waals surface area (Å²) in [5, 5.41) is 12.8. The monoisotopic (exact) mass is 458 g/mol. The van der Waals surface area contributed by atoms with Crippen LogP contribution in [0.4, 0.5) is 17.6 Å². The molecule has 0 saturated carbocycles. The lowest BCUT2D eigenvalue weighted by Crippen LogP contribution is -2.04. The van der Waals surface area contributed by atoms with Gasteiger partial charge in [0.1, 0.15) is 17.2 Å². The fourth-order valence-electron chi connectivity index (χ4n) is 2.89. The van der Waals surface area contributed by atoms with Gasteiger partial charge in [-0.25, -0.2) is 9.37 Å². The molecule has 3 heterocycles. The summed E-state index contributed by atoms with van der Waals surface area (Å²) in [7, 11) is 0. The fraction of sp³-hybridized carbons (Fsp3) is 0.0500. The lowest BCUT2D eigenvalue weighted by molar-refractivity contribution is -0.137. The molecule has 7 nitrogen and oxygen atoms in total. The summed E-state index contributed by atoms with van der Waals surface area (Å²) in [5.41, 5.74) is 0.679. The van der Waals surface area contributed by atoms with Crippen molar-refractivity contribution in [2.24, 2.45) is 0 Å². The van der Waals surface area contributed by atoms with Gasteiger partial charge in [-0.3, -0.25) is 0 Å². The van der Waals surface area contributed by atoms with Crippen molar-refractivity contribution in [3.8, 4) is 22.7 Å². The molecule has 0 radical (unpaired) electrons. The molecule has 5 aromatic rings. The first-order chi connectivity index (χ1) is 15.4. The van der Waals surface area contributed by atoms with Crippen LogP contribution in [0.3, 0.4) is 0 Å². The Balaban J connectivity index is 1.48. The second-order valence-electron chi connectivity index (χ2n) is 6.51. The highest BCUT2D eigenvalue weighted by Crippen LogP contribution is 2.33. The first-order valence-electron chi connectivity index (χ1n) is 9.02. The molecule has 0 amide bonds. The first kappa shape index (κ1) is 20.1. The summed E-state index contributed by atoms with van der Waals surface area (Å²) >= 11 is 1.08. The van der Waals surface area contributed by atoms with E-state index < -0.39 is 11.7 Å². The summed E-state index contributed by atoms with van der Waals surface area (Å²) < 4.78 is 58.8. The molecule has 3 aromatic heterocycles. The van der Waals surface area contributed by atoms with E-state index in [9.17, 15) is 17.6 Å². The number of aromatic nitrogens is 6. The zero-order valence-electron chi connectivity index (χ0n) is 15.8. The van der Waals surface area contributed by atoms with Crippen LogP contribution in [0.2, 0.25) is 0 Å². The molecule has 32 heavy (non-hydrogen) atoms. The van der Waals surface area contributed by atoms with Crippen molar-refractivity contribution < 1.29 is 22.0 Å². The van der Waals surface area contributed by atoms with E-state index in [1.165, 1.54) is 47.2 Å². The summed E-state index contributed by atoms with van der Waals surface area (Å²) in [5.74, 6) is 0.0755. The maximum Gasteiger partial charge on any atom is 0.416 e. The number of alkyl halides is 3. The molecule has 160 valence electrons. The van der Waals surface area contributed by atoms with Crippen molar-refractivity contribution in [3.63, 3.8) is 0 Å². The largest absolute Gasteiger partial charge is 0.416 e. The van der Waals surface area contributed by atoms with E-state index in [1.54, 1.807) is 6.07 Å². The minimum Gasteiger partial charge on any atom is -0.411 e. The van der Waals surface area contributed by atoms with Crippen molar-refractivity contribution in [1.82, 2.24) is 29.8 Å². The second-order valence-corrected chi connectivity index (χ2v) is 7.48. The van der Waals surface area contributed by atoms with Crippen LogP contribution >= 0.6 is 11.8 Å². The van der Waals surface area contributed by atoms with Crippen LogP contribution in [0.1, 0.15) is 5.56 Å². The highest BCUT2D eigenvalue weighted by molar-refractivity contribution is 7.99. The normalized spacial score (nSPS) is 11.9. The van der Waals surface area contributed by atoms with Gasteiger partial charge in [0.05, 0.1) is 11.3 Å². The molecular weight excluding hydrogens is 448 g/mol. The number of fused-ring (bicyclic) bond motifs is 1. The predicted octanol–water partition coefficient (Wildman–Crippen LogP) is 5.15. The van der Waals surface area contributed by atoms with Crippen LogP contribution in [0.15, 0.2) is 75.6 Å². The highest BCUT2D eigenvalue weighted by atomic mass is 32.2. The molecule has 12 heteroatoms. The van der Waals surface area contributed by atoms with Gasteiger partial charge in [0.25, 0.3) is 11.0 Å². The van der Waals surface area contributed by atoms with Crippen molar-refractivity contribution >= 4 is 17.5 Å². The zero-order chi connectivity index (χ0) is 22.3. The molecule has 0 aliphatic heterocycles. The van der Waals surface area contributed by atoms with E-state index in [2.05, 4.69) is 25.3 Å². The highest BCUT2D eigenvalue weighted by Gasteiger charge is 2.30. The number of halogens is 4. The van der Waals surface area contributed by atoms with E-state index in [4.69, 9.17) is 4.42 Å². The summed E-state index contributed by atoms with van der Waals surface area (Å²) in [6.45, 7) is 0. The lowest BCUT2D eigenvalue weighted by atomic mass is 10.1. The van der Waals surface area contributed by atoms with Crippen molar-refractivity contribution in [3.05, 3.63) is 72.3 Å². The van der Waals surface area contributed by atoms with Gasteiger partial charge in [-0.2, -0.15) is 27.8 Å². The Morgan fingerprint density at radius 1 is 0.906 bits per heavy atom. The Morgan fingerprint density at radius 3 is 2.34 bits per heavy atom. The topological polar surface area (TPSA) is 82.0 Å². The third kappa shape index (κ3) is 3.91. The maximum atomic E-state index is 13.1. The van der Waals surface area contributed by atoms with E-state index in [0.29, 0.717) is 21.8 Å². The standard InChI is InChI=1S/C20H10F4N6OS/c21-14-7-3-12(4-8-14)17-28-29-19(31-17)32-16-9-15(27-18-25-10-26-30(16)18)11-1-5-13(6-2-11)20(22,23)24/h1-10H. The SMILES string of the molecule is Fc1ccc(-c2nnc(Sc3cc(-c4ccc(C(F)(F)F)cc4)nc4ncnn34)o2)cc1. The average Bonchev–Trinajstić information content (AvgIpc) is 3.43. The van der Waals surface area contributed by atoms with Gasteiger partial charge in [0.2, 0.25) is 5.89 Å². The molecule has 0 atom stereocenters. The van der Waals surface area contributed by atoms with Gasteiger partial charge >= 0.3 is 6.18 Å². The number of nitrogens with zero attached hydrogens (tertiary/aromatic N) is 6. The molecule has 0 bridgehead atoms. The molecule has 0 aliphatic carbocycles. The second kappa shape index (κ2) is 7.71. The molecular formula is C20H10F4N6OS. The predicted molar refractivity (Wildman–Crippen MR) is 105 cm³/mol. The molecule has 2 aromatic carbocycles. The smallest absolute Gasteiger partial charge is 0.411 e. The van der Waals surface area contributed by atoms with Crippen LogP contribution < -0.4 is 0 Å². The van der Waals surface area contributed by atoms with Crippen LogP contribution in [-0.4, -0.2) is 29.8 Å². The van der Waals surface area contributed by atoms with Crippen LogP contribution in [0.5, 0.6) is 0 Å². The van der Waals surface area contributed by atoms with Gasteiger partial charge < -0.3 is 4.42 Å². The third-order valence-corrected chi connectivity index (χ3v) is 5.26. The Kier molecular flexibility index (Phi) is 4.85. The van der Waals surface area contributed by atoms with Crippen molar-refractivity contribution in [2.45, 2.75) is 16.4 Å². The molecule has 0 saturated heterocycles. The van der Waals surface area contributed by atoms with E-state index in [0.717, 1.165) is 23.9 Å². The van der Waals surface area contributed by atoms with Crippen LogP contribution in [-0.2, 0) is 6.18 Å². The fourth-order valence-corrected chi connectivity index (χ4v) is 3.65. The molecule has 5 rings (SSSR count). The van der Waals surface area contributed by atoms with Crippen molar-refractivity contribution in [1.29, 1.82) is 0 Å². The van der Waals surface area contributed by atoms with Gasteiger partial charge in [-0.1, -0.05) is 12.1 Å². The van der Waals surface area contributed by atoms with E-state index in [1.807, 2.05) is 0 Å².